The van der Waals surface area contributed by atoms with Crippen LogP contribution in [-0.2, 0) is 5.41 Å². The van der Waals surface area contributed by atoms with Crippen LogP contribution in [0.15, 0.2) is 247 Å². The van der Waals surface area contributed by atoms with Crippen molar-refractivity contribution in [1.82, 2.24) is 19.5 Å². The fourth-order valence-electron chi connectivity index (χ4n) is 11.0. The molecule has 0 aliphatic heterocycles. The van der Waals surface area contributed by atoms with Crippen LogP contribution in [0.25, 0.3) is 106 Å². The quantitative estimate of drug-likeness (QED) is 0.160. The first-order chi connectivity index (χ1) is 34.2. The van der Waals surface area contributed by atoms with Gasteiger partial charge in [-0.3, -0.25) is 0 Å². The molecule has 1 aliphatic carbocycles. The first-order valence-corrected chi connectivity index (χ1v) is 23.4. The Kier molecular flexibility index (Phi) is 8.73. The molecule has 0 atom stereocenters. The van der Waals surface area contributed by atoms with E-state index in [0.717, 1.165) is 94.3 Å². The van der Waals surface area contributed by atoms with Crippen LogP contribution in [0, 0.1) is 0 Å². The molecule has 0 spiro atoms. The summed E-state index contributed by atoms with van der Waals surface area (Å²) in [5.74, 6) is 1.81. The number of hydrogen-bond acceptors (Lipinski definition) is 4. The molecule has 0 saturated carbocycles. The number of furan rings is 1. The Balaban J connectivity index is 1.03. The third-order valence-corrected chi connectivity index (χ3v) is 14.1. The van der Waals surface area contributed by atoms with Crippen molar-refractivity contribution in [1.29, 1.82) is 0 Å². The number of rotatable bonds is 7. The first kappa shape index (κ1) is 39.0. The Hall–Kier alpha value is -9.19. The molecule has 5 nitrogen and oxygen atoms in total. The molecule has 0 saturated heterocycles. The minimum Gasteiger partial charge on any atom is -0.456 e. The predicted octanol–water partition coefficient (Wildman–Crippen LogP) is 15.9. The summed E-state index contributed by atoms with van der Waals surface area (Å²) in [4.78, 5) is 16.7. The molecule has 14 rings (SSSR count). The van der Waals surface area contributed by atoms with E-state index in [2.05, 4.69) is 229 Å². The second-order valence-corrected chi connectivity index (χ2v) is 17.9. The zero-order valence-corrected chi connectivity index (χ0v) is 37.3. The minimum atomic E-state index is -0.935. The maximum atomic E-state index is 6.63. The molecular formula is C64H40N4O. The van der Waals surface area contributed by atoms with Gasteiger partial charge in [0.15, 0.2) is 17.5 Å². The number of hydrogen-bond donors (Lipinski definition) is 0. The number of benzene rings is 10. The standard InChI is InChI=1S/C64H40N4O/c1-3-16-41(17-4-1)43-30-32-44(33-31-43)61-65-62(46-20-15-21-48(38-46)68-57-28-13-9-24-51(57)52-36-34-45(39-58(52)68)42-18-5-2-6-19-42)67-63(66-61)64(55-26-11-7-22-49(55)50-23-8-12-27-56(50)64)47-35-37-54-53-25-10-14-29-59(53)69-60(54)40-47/h1-40H. The van der Waals surface area contributed by atoms with Crippen molar-refractivity contribution < 1.29 is 4.42 Å². The normalized spacial score (nSPS) is 12.8. The highest BCUT2D eigenvalue weighted by Crippen LogP contribution is 2.56. The van der Waals surface area contributed by atoms with Crippen LogP contribution in [0.2, 0.25) is 0 Å². The highest BCUT2D eigenvalue weighted by molar-refractivity contribution is 6.10. The van der Waals surface area contributed by atoms with Crippen molar-refractivity contribution in [3.05, 3.63) is 265 Å². The van der Waals surface area contributed by atoms with Crippen LogP contribution in [0.4, 0.5) is 0 Å². The maximum absolute atomic E-state index is 6.63. The molecule has 0 N–H and O–H groups in total. The zero-order chi connectivity index (χ0) is 45.5. The van der Waals surface area contributed by atoms with Gasteiger partial charge in [0.25, 0.3) is 0 Å². The second kappa shape index (κ2) is 15.4. The lowest BCUT2D eigenvalue weighted by molar-refractivity contribution is 0.660. The maximum Gasteiger partial charge on any atom is 0.163 e. The fraction of sp³-hybridized carbons (Fsp3) is 0.0156. The van der Waals surface area contributed by atoms with Gasteiger partial charge in [-0.25, -0.2) is 15.0 Å². The molecule has 10 aromatic carbocycles. The molecule has 0 amide bonds. The van der Waals surface area contributed by atoms with Gasteiger partial charge >= 0.3 is 0 Å². The summed E-state index contributed by atoms with van der Waals surface area (Å²) in [6.07, 6.45) is 0. The van der Waals surface area contributed by atoms with E-state index in [1.165, 1.54) is 16.3 Å². The fourth-order valence-corrected chi connectivity index (χ4v) is 11.0. The molecule has 0 bridgehead atoms. The smallest absolute Gasteiger partial charge is 0.163 e. The molecule has 13 aromatic rings. The summed E-state index contributed by atoms with van der Waals surface area (Å²) < 4.78 is 9.00. The van der Waals surface area contributed by atoms with E-state index in [1.54, 1.807) is 0 Å². The lowest BCUT2D eigenvalue weighted by Gasteiger charge is -2.32. The monoisotopic (exact) mass is 880 g/mol. The summed E-state index contributed by atoms with van der Waals surface area (Å²) in [6, 6.07) is 86.1. The predicted molar refractivity (Wildman–Crippen MR) is 280 cm³/mol. The summed E-state index contributed by atoms with van der Waals surface area (Å²) >= 11 is 0. The third-order valence-electron chi connectivity index (χ3n) is 14.1. The Morgan fingerprint density at radius 2 is 0.870 bits per heavy atom. The lowest BCUT2D eigenvalue weighted by atomic mass is 9.71. The zero-order valence-electron chi connectivity index (χ0n) is 37.3. The molecule has 0 fully saturated rings. The Morgan fingerprint density at radius 1 is 0.333 bits per heavy atom. The van der Waals surface area contributed by atoms with E-state index in [0.29, 0.717) is 17.5 Å². The van der Waals surface area contributed by atoms with Crippen molar-refractivity contribution in [3.63, 3.8) is 0 Å². The van der Waals surface area contributed by atoms with Crippen molar-refractivity contribution >= 4 is 43.7 Å². The molecule has 3 aromatic heterocycles. The molecule has 69 heavy (non-hydrogen) atoms. The highest BCUT2D eigenvalue weighted by atomic mass is 16.3. The van der Waals surface area contributed by atoms with Gasteiger partial charge in [0.2, 0.25) is 0 Å². The summed E-state index contributed by atoms with van der Waals surface area (Å²) in [7, 11) is 0. The van der Waals surface area contributed by atoms with Gasteiger partial charge in [-0.1, -0.05) is 206 Å². The van der Waals surface area contributed by atoms with Gasteiger partial charge in [0.05, 0.1) is 11.0 Å². The van der Waals surface area contributed by atoms with E-state index < -0.39 is 5.41 Å². The molecule has 322 valence electrons. The highest BCUT2D eigenvalue weighted by Gasteiger charge is 2.49. The number of fused-ring (bicyclic) bond motifs is 9. The van der Waals surface area contributed by atoms with E-state index in [-0.39, 0.29) is 0 Å². The summed E-state index contributed by atoms with van der Waals surface area (Å²) in [5, 5.41) is 4.55. The van der Waals surface area contributed by atoms with Gasteiger partial charge in [0, 0.05) is 38.4 Å². The van der Waals surface area contributed by atoms with Crippen molar-refractivity contribution in [3.8, 4) is 61.8 Å². The van der Waals surface area contributed by atoms with Crippen molar-refractivity contribution in [2.45, 2.75) is 5.41 Å². The van der Waals surface area contributed by atoms with Crippen molar-refractivity contribution in [2.24, 2.45) is 0 Å². The average Bonchev–Trinajstić information content (AvgIpc) is 4.07. The molecule has 3 heterocycles. The second-order valence-electron chi connectivity index (χ2n) is 17.9. The van der Waals surface area contributed by atoms with Crippen LogP contribution in [0.5, 0.6) is 0 Å². The van der Waals surface area contributed by atoms with Crippen LogP contribution in [0.1, 0.15) is 22.5 Å². The van der Waals surface area contributed by atoms with E-state index in [1.807, 2.05) is 18.2 Å². The van der Waals surface area contributed by atoms with E-state index in [9.17, 15) is 0 Å². The minimum absolute atomic E-state index is 0.584. The average molecular weight is 881 g/mol. The summed E-state index contributed by atoms with van der Waals surface area (Å²) in [5.41, 5.74) is 15.9. The van der Waals surface area contributed by atoms with Gasteiger partial charge in [0.1, 0.15) is 16.6 Å². The third kappa shape index (κ3) is 6.07. The van der Waals surface area contributed by atoms with Crippen LogP contribution >= 0.6 is 0 Å². The number of aromatic nitrogens is 4. The van der Waals surface area contributed by atoms with Gasteiger partial charge in [-0.2, -0.15) is 0 Å². The van der Waals surface area contributed by atoms with Gasteiger partial charge in [-0.05, 0) is 86.5 Å². The van der Waals surface area contributed by atoms with Crippen molar-refractivity contribution in [2.75, 3.05) is 0 Å². The number of para-hydroxylation sites is 2. The Morgan fingerprint density at radius 3 is 1.62 bits per heavy atom. The summed E-state index contributed by atoms with van der Waals surface area (Å²) in [6.45, 7) is 0. The van der Waals surface area contributed by atoms with Crippen LogP contribution in [0.3, 0.4) is 0 Å². The molecule has 0 unspecified atom stereocenters. The largest absolute Gasteiger partial charge is 0.456 e. The van der Waals surface area contributed by atoms with E-state index in [4.69, 9.17) is 19.4 Å². The lowest BCUT2D eigenvalue weighted by Crippen LogP contribution is -2.31. The first-order valence-electron chi connectivity index (χ1n) is 23.4. The Labute approximate surface area is 398 Å². The van der Waals surface area contributed by atoms with E-state index >= 15 is 0 Å². The SMILES string of the molecule is c1ccc(-c2ccc(-c3nc(-c4cccc(-n5c6ccccc6c6ccc(-c7ccccc7)cc65)c4)nc(C4(c5ccc6c(c5)oc5ccccc56)c5ccccc5-c5ccccc54)n3)cc2)cc1. The number of nitrogens with zero attached hydrogens (tertiary/aromatic N) is 4. The van der Waals surface area contributed by atoms with Gasteiger partial charge < -0.3 is 8.98 Å². The molecule has 5 heteroatoms. The Bertz CT molecular complexity index is 4090. The van der Waals surface area contributed by atoms with Crippen LogP contribution in [-0.4, -0.2) is 19.5 Å². The molecular weight excluding hydrogens is 841 g/mol. The van der Waals surface area contributed by atoms with Crippen LogP contribution < -0.4 is 0 Å². The topological polar surface area (TPSA) is 56.7 Å². The molecule has 1 aliphatic rings. The molecule has 0 radical (unpaired) electrons. The van der Waals surface area contributed by atoms with Gasteiger partial charge in [-0.15, -0.1) is 0 Å².